The number of nitrogens with zero attached hydrogens (tertiary/aromatic N) is 1. The van der Waals surface area contributed by atoms with Gasteiger partial charge in [-0.1, -0.05) is 11.6 Å². The zero-order chi connectivity index (χ0) is 12.8. The standard InChI is InChI=1S/C11H14BBrClNO2/c1-10(2)11(3,4)17-12(16-10)7-5-8(13)9(14)15-6-7/h5-6H,1-4H3. The van der Waals surface area contributed by atoms with Gasteiger partial charge in [-0.3, -0.25) is 0 Å². The van der Waals surface area contributed by atoms with Crippen LogP contribution in [0.4, 0.5) is 0 Å². The molecule has 0 aromatic carbocycles. The number of hydrogen-bond acceptors (Lipinski definition) is 3. The van der Waals surface area contributed by atoms with Crippen molar-refractivity contribution in [3.05, 3.63) is 21.9 Å². The highest BCUT2D eigenvalue weighted by molar-refractivity contribution is 9.10. The summed E-state index contributed by atoms with van der Waals surface area (Å²) in [7, 11) is -0.402. The molecule has 1 aliphatic rings. The maximum atomic E-state index is 5.92. The van der Waals surface area contributed by atoms with Gasteiger partial charge in [0, 0.05) is 11.7 Å². The van der Waals surface area contributed by atoms with Crippen molar-refractivity contribution in [3.63, 3.8) is 0 Å². The van der Waals surface area contributed by atoms with Gasteiger partial charge in [0.05, 0.1) is 15.7 Å². The lowest BCUT2D eigenvalue weighted by molar-refractivity contribution is 0.00578. The molecule has 3 nitrogen and oxygen atoms in total. The zero-order valence-electron chi connectivity index (χ0n) is 10.3. The third-order valence-electron chi connectivity index (χ3n) is 3.34. The molecule has 1 aliphatic heterocycles. The number of halogens is 2. The Bertz CT molecular complexity index is 437. The highest BCUT2D eigenvalue weighted by Crippen LogP contribution is 2.36. The predicted octanol–water partition coefficient (Wildman–Crippen LogP) is 2.80. The summed E-state index contributed by atoms with van der Waals surface area (Å²) in [6, 6.07) is 1.87. The van der Waals surface area contributed by atoms with Gasteiger partial charge >= 0.3 is 7.12 Å². The fourth-order valence-electron chi connectivity index (χ4n) is 1.54. The van der Waals surface area contributed by atoms with Crippen LogP contribution in [0.25, 0.3) is 0 Å². The van der Waals surface area contributed by atoms with Gasteiger partial charge in [-0.25, -0.2) is 4.98 Å². The minimum Gasteiger partial charge on any atom is -0.399 e. The van der Waals surface area contributed by atoms with Gasteiger partial charge in [-0.2, -0.15) is 0 Å². The molecule has 0 aliphatic carbocycles. The summed E-state index contributed by atoms with van der Waals surface area (Å²) >= 11 is 9.20. The van der Waals surface area contributed by atoms with Gasteiger partial charge < -0.3 is 9.31 Å². The van der Waals surface area contributed by atoms with E-state index in [1.54, 1.807) is 6.20 Å². The van der Waals surface area contributed by atoms with E-state index in [9.17, 15) is 0 Å². The maximum Gasteiger partial charge on any atom is 0.496 e. The molecule has 1 aromatic heterocycles. The van der Waals surface area contributed by atoms with Gasteiger partial charge in [-0.15, -0.1) is 0 Å². The van der Waals surface area contributed by atoms with Gasteiger partial charge in [0.1, 0.15) is 5.15 Å². The second-order valence-electron chi connectivity index (χ2n) is 5.13. The Labute approximate surface area is 115 Å². The summed E-state index contributed by atoms with van der Waals surface area (Å²) in [5, 5.41) is 0.435. The fourth-order valence-corrected chi connectivity index (χ4v) is 2.01. The van der Waals surface area contributed by atoms with Crippen LogP contribution in [0.5, 0.6) is 0 Å². The Morgan fingerprint density at radius 2 is 1.76 bits per heavy atom. The molecule has 1 saturated heterocycles. The van der Waals surface area contributed by atoms with Gasteiger partial charge in [0.15, 0.2) is 0 Å². The van der Waals surface area contributed by atoms with Crippen molar-refractivity contribution in [1.29, 1.82) is 0 Å². The third-order valence-corrected chi connectivity index (χ3v) is 4.48. The third kappa shape index (κ3) is 2.39. The lowest BCUT2D eigenvalue weighted by atomic mass is 9.80. The Kier molecular flexibility index (Phi) is 3.32. The Morgan fingerprint density at radius 1 is 1.24 bits per heavy atom. The van der Waals surface area contributed by atoms with Crippen LogP contribution < -0.4 is 5.46 Å². The molecule has 0 unspecified atom stereocenters. The number of aromatic nitrogens is 1. The van der Waals surface area contributed by atoms with Crippen LogP contribution in [-0.2, 0) is 9.31 Å². The number of pyridine rings is 1. The molecule has 1 aromatic rings. The molecular formula is C11H14BBrClNO2. The zero-order valence-corrected chi connectivity index (χ0v) is 12.6. The number of hydrogen-bond donors (Lipinski definition) is 0. The molecule has 1 fully saturated rings. The first kappa shape index (κ1) is 13.3. The molecule has 0 atom stereocenters. The van der Waals surface area contributed by atoms with Crippen molar-refractivity contribution in [3.8, 4) is 0 Å². The molecule has 2 rings (SSSR count). The van der Waals surface area contributed by atoms with Gasteiger partial charge in [0.25, 0.3) is 0 Å². The van der Waals surface area contributed by atoms with E-state index in [1.807, 2.05) is 33.8 Å². The highest BCUT2D eigenvalue weighted by atomic mass is 79.9. The maximum absolute atomic E-state index is 5.92. The van der Waals surface area contributed by atoms with Crippen LogP contribution in [0.15, 0.2) is 16.7 Å². The molecule has 0 spiro atoms. The molecule has 0 saturated carbocycles. The first-order chi connectivity index (χ1) is 7.73. The Hall–Kier alpha value is -0.0951. The van der Waals surface area contributed by atoms with Crippen molar-refractivity contribution >= 4 is 40.1 Å². The smallest absolute Gasteiger partial charge is 0.399 e. The van der Waals surface area contributed by atoms with Crippen molar-refractivity contribution in [1.82, 2.24) is 4.98 Å². The average Bonchev–Trinajstić information content (AvgIpc) is 2.41. The second-order valence-corrected chi connectivity index (χ2v) is 6.34. The van der Waals surface area contributed by atoms with Crippen LogP contribution in [0.1, 0.15) is 27.7 Å². The monoisotopic (exact) mass is 317 g/mol. The van der Waals surface area contributed by atoms with E-state index in [0.29, 0.717) is 5.15 Å². The van der Waals surface area contributed by atoms with E-state index in [0.717, 1.165) is 9.94 Å². The highest BCUT2D eigenvalue weighted by Gasteiger charge is 2.51. The Balaban J connectivity index is 2.29. The first-order valence-electron chi connectivity index (χ1n) is 5.39. The summed E-state index contributed by atoms with van der Waals surface area (Å²) in [6.45, 7) is 8.08. The second kappa shape index (κ2) is 4.23. The minimum atomic E-state index is -0.402. The molecule has 0 amide bonds. The van der Waals surface area contributed by atoms with Gasteiger partial charge in [0.2, 0.25) is 0 Å². The van der Waals surface area contributed by atoms with Crippen LogP contribution in [0, 0.1) is 0 Å². The quantitative estimate of drug-likeness (QED) is 0.589. The molecule has 17 heavy (non-hydrogen) atoms. The van der Waals surface area contributed by atoms with E-state index < -0.39 is 7.12 Å². The predicted molar refractivity (Wildman–Crippen MR) is 72.7 cm³/mol. The van der Waals surface area contributed by atoms with Gasteiger partial charge in [-0.05, 0) is 49.7 Å². The van der Waals surface area contributed by atoms with E-state index in [2.05, 4.69) is 20.9 Å². The van der Waals surface area contributed by atoms with Crippen LogP contribution >= 0.6 is 27.5 Å². The summed E-state index contributed by atoms with van der Waals surface area (Å²) in [4.78, 5) is 4.08. The molecule has 0 bridgehead atoms. The lowest BCUT2D eigenvalue weighted by Crippen LogP contribution is -2.41. The summed E-state index contributed by atoms with van der Waals surface area (Å²) in [5.41, 5.74) is 0.174. The van der Waals surface area contributed by atoms with Crippen molar-refractivity contribution < 1.29 is 9.31 Å². The summed E-state index contributed by atoms with van der Waals surface area (Å²) in [6.07, 6.45) is 1.68. The summed E-state index contributed by atoms with van der Waals surface area (Å²) < 4.78 is 12.6. The number of rotatable bonds is 1. The van der Waals surface area contributed by atoms with E-state index in [1.165, 1.54) is 0 Å². The molecular weight excluding hydrogens is 304 g/mol. The molecule has 6 heteroatoms. The molecule has 92 valence electrons. The van der Waals surface area contributed by atoms with Crippen LogP contribution in [0.3, 0.4) is 0 Å². The van der Waals surface area contributed by atoms with Crippen LogP contribution in [-0.4, -0.2) is 23.3 Å². The van der Waals surface area contributed by atoms with E-state index in [4.69, 9.17) is 20.9 Å². The van der Waals surface area contributed by atoms with E-state index >= 15 is 0 Å². The SMILES string of the molecule is CC1(C)OB(c2cnc(Cl)c(Br)c2)OC1(C)C. The van der Waals surface area contributed by atoms with Crippen LogP contribution in [0.2, 0.25) is 5.15 Å². The largest absolute Gasteiger partial charge is 0.496 e. The first-order valence-corrected chi connectivity index (χ1v) is 6.57. The minimum absolute atomic E-state index is 0.343. The van der Waals surface area contributed by atoms with Crippen molar-refractivity contribution in [2.45, 2.75) is 38.9 Å². The van der Waals surface area contributed by atoms with Crippen molar-refractivity contribution in [2.75, 3.05) is 0 Å². The fraction of sp³-hybridized carbons (Fsp3) is 0.545. The molecule has 0 radical (unpaired) electrons. The lowest BCUT2D eigenvalue weighted by Gasteiger charge is -2.32. The topological polar surface area (TPSA) is 31.4 Å². The summed E-state index contributed by atoms with van der Waals surface area (Å²) in [5.74, 6) is 0. The van der Waals surface area contributed by atoms with Crippen molar-refractivity contribution in [2.24, 2.45) is 0 Å². The molecule has 0 N–H and O–H groups in total. The Morgan fingerprint density at radius 3 is 2.24 bits per heavy atom. The van der Waals surface area contributed by atoms with E-state index in [-0.39, 0.29) is 11.2 Å². The normalized spacial score (nSPS) is 21.9. The molecule has 2 heterocycles. The average molecular weight is 318 g/mol.